The average molecular weight is 208 g/mol. The standard InChI is InChI=1S/C10H16N4O/c1-8-6-14(4-3-11-8)10(15)9-5-12-13(2)7-9/h5,7-8,11H,3-4,6H2,1-2H3/t8-/m1/s1. The SMILES string of the molecule is C[C@@H]1CN(C(=O)c2cnn(C)c2)CCN1. The first-order valence-corrected chi connectivity index (χ1v) is 5.18. The summed E-state index contributed by atoms with van der Waals surface area (Å²) >= 11 is 0. The van der Waals surface area contributed by atoms with Gasteiger partial charge in [-0.3, -0.25) is 9.48 Å². The zero-order valence-corrected chi connectivity index (χ0v) is 9.10. The molecule has 5 nitrogen and oxygen atoms in total. The summed E-state index contributed by atoms with van der Waals surface area (Å²) in [5, 5.41) is 7.31. The number of carbonyl (C=O) groups excluding carboxylic acids is 1. The Morgan fingerprint density at radius 2 is 2.47 bits per heavy atom. The fraction of sp³-hybridized carbons (Fsp3) is 0.600. The summed E-state index contributed by atoms with van der Waals surface area (Å²) in [5.41, 5.74) is 0.673. The Morgan fingerprint density at radius 3 is 3.07 bits per heavy atom. The highest BCUT2D eigenvalue weighted by Crippen LogP contribution is 2.06. The lowest BCUT2D eigenvalue weighted by atomic mass is 10.2. The molecule has 0 aliphatic carbocycles. The van der Waals surface area contributed by atoms with Crippen LogP contribution in [0.4, 0.5) is 0 Å². The Morgan fingerprint density at radius 1 is 1.67 bits per heavy atom. The van der Waals surface area contributed by atoms with Crippen LogP contribution in [0.3, 0.4) is 0 Å². The molecule has 1 fully saturated rings. The molecule has 82 valence electrons. The topological polar surface area (TPSA) is 50.2 Å². The van der Waals surface area contributed by atoms with Crippen molar-refractivity contribution in [3.8, 4) is 0 Å². The van der Waals surface area contributed by atoms with Gasteiger partial charge in [0.05, 0.1) is 11.8 Å². The normalized spacial score (nSPS) is 21.7. The van der Waals surface area contributed by atoms with Crippen molar-refractivity contribution in [2.45, 2.75) is 13.0 Å². The Hall–Kier alpha value is -1.36. The molecule has 2 heterocycles. The largest absolute Gasteiger partial charge is 0.336 e. The van der Waals surface area contributed by atoms with Gasteiger partial charge in [0.25, 0.3) is 5.91 Å². The molecule has 0 aromatic carbocycles. The molecular weight excluding hydrogens is 192 g/mol. The zero-order valence-electron chi connectivity index (χ0n) is 9.10. The molecule has 1 amide bonds. The molecule has 1 aliphatic heterocycles. The van der Waals surface area contributed by atoms with Gasteiger partial charge < -0.3 is 10.2 Å². The second-order valence-corrected chi connectivity index (χ2v) is 4.01. The van der Waals surface area contributed by atoms with Crippen molar-refractivity contribution < 1.29 is 4.79 Å². The van der Waals surface area contributed by atoms with Gasteiger partial charge in [-0.1, -0.05) is 0 Å². The quantitative estimate of drug-likeness (QED) is 0.698. The fourth-order valence-corrected chi connectivity index (χ4v) is 1.83. The van der Waals surface area contributed by atoms with E-state index in [9.17, 15) is 4.79 Å². The summed E-state index contributed by atoms with van der Waals surface area (Å²) in [5.74, 6) is 0.0800. The van der Waals surface area contributed by atoms with E-state index >= 15 is 0 Å². The van der Waals surface area contributed by atoms with Crippen molar-refractivity contribution in [3.63, 3.8) is 0 Å². The smallest absolute Gasteiger partial charge is 0.257 e. The molecule has 5 heteroatoms. The van der Waals surface area contributed by atoms with Crippen molar-refractivity contribution in [1.29, 1.82) is 0 Å². The summed E-state index contributed by atoms with van der Waals surface area (Å²) in [4.78, 5) is 13.9. The highest BCUT2D eigenvalue weighted by atomic mass is 16.2. The van der Waals surface area contributed by atoms with Crippen LogP contribution in [-0.4, -0.2) is 46.3 Å². The third-order valence-electron chi connectivity index (χ3n) is 2.61. The molecular formula is C10H16N4O. The Balaban J connectivity index is 2.07. The second kappa shape index (κ2) is 4.02. The van der Waals surface area contributed by atoms with Crippen molar-refractivity contribution in [3.05, 3.63) is 18.0 Å². The van der Waals surface area contributed by atoms with Crippen LogP contribution in [0.1, 0.15) is 17.3 Å². The van der Waals surface area contributed by atoms with Gasteiger partial charge >= 0.3 is 0 Å². The van der Waals surface area contributed by atoms with Gasteiger partial charge in [-0.15, -0.1) is 0 Å². The van der Waals surface area contributed by atoms with Gasteiger partial charge in [0.2, 0.25) is 0 Å². The van der Waals surface area contributed by atoms with Crippen LogP contribution in [0.15, 0.2) is 12.4 Å². The molecule has 1 saturated heterocycles. The minimum atomic E-state index is 0.0800. The summed E-state index contributed by atoms with van der Waals surface area (Å²) in [6.07, 6.45) is 3.38. The summed E-state index contributed by atoms with van der Waals surface area (Å²) in [6, 6.07) is 0.374. The van der Waals surface area contributed by atoms with Crippen LogP contribution < -0.4 is 5.32 Å². The molecule has 1 N–H and O–H groups in total. The van der Waals surface area contributed by atoms with Crippen LogP contribution >= 0.6 is 0 Å². The number of piperazine rings is 1. The number of nitrogens with one attached hydrogen (secondary N) is 1. The number of rotatable bonds is 1. The molecule has 1 aromatic heterocycles. The van der Waals surface area contributed by atoms with Gasteiger partial charge in [0.1, 0.15) is 0 Å². The lowest BCUT2D eigenvalue weighted by Gasteiger charge is -2.31. The number of aryl methyl sites for hydroxylation is 1. The lowest BCUT2D eigenvalue weighted by molar-refractivity contribution is 0.0709. The molecule has 1 aromatic rings. The van der Waals surface area contributed by atoms with Crippen LogP contribution in [0, 0.1) is 0 Å². The van der Waals surface area contributed by atoms with E-state index in [0.29, 0.717) is 11.6 Å². The van der Waals surface area contributed by atoms with Crippen molar-refractivity contribution in [2.24, 2.45) is 7.05 Å². The number of amides is 1. The second-order valence-electron chi connectivity index (χ2n) is 4.01. The highest BCUT2D eigenvalue weighted by molar-refractivity contribution is 5.93. The summed E-state index contributed by atoms with van der Waals surface area (Å²) < 4.78 is 1.65. The summed E-state index contributed by atoms with van der Waals surface area (Å²) in [6.45, 7) is 4.50. The summed E-state index contributed by atoms with van der Waals surface area (Å²) in [7, 11) is 1.82. The Bertz CT molecular complexity index is 360. The predicted octanol–water partition coefficient (Wildman–Crippen LogP) is -0.146. The number of carbonyl (C=O) groups is 1. The van der Waals surface area contributed by atoms with Gasteiger partial charge in [-0.05, 0) is 6.92 Å². The van der Waals surface area contributed by atoms with Crippen molar-refractivity contribution in [1.82, 2.24) is 20.0 Å². The first kappa shape index (κ1) is 10.2. The molecule has 0 spiro atoms. The van der Waals surface area contributed by atoms with Gasteiger partial charge in [-0.2, -0.15) is 5.10 Å². The number of hydrogen-bond acceptors (Lipinski definition) is 3. The first-order valence-electron chi connectivity index (χ1n) is 5.18. The molecule has 0 radical (unpaired) electrons. The highest BCUT2D eigenvalue weighted by Gasteiger charge is 2.22. The molecule has 0 bridgehead atoms. The third-order valence-corrected chi connectivity index (χ3v) is 2.61. The third kappa shape index (κ3) is 2.18. The van der Waals surface area contributed by atoms with Crippen molar-refractivity contribution >= 4 is 5.91 Å². The van der Waals surface area contributed by atoms with Crippen molar-refractivity contribution in [2.75, 3.05) is 19.6 Å². The van der Waals surface area contributed by atoms with Crippen LogP contribution in [0.2, 0.25) is 0 Å². The van der Waals surface area contributed by atoms with Crippen LogP contribution in [-0.2, 0) is 7.05 Å². The van der Waals surface area contributed by atoms with E-state index in [4.69, 9.17) is 0 Å². The molecule has 15 heavy (non-hydrogen) atoms. The predicted molar refractivity (Wildman–Crippen MR) is 56.6 cm³/mol. The monoisotopic (exact) mass is 208 g/mol. The van der Waals surface area contributed by atoms with Crippen LogP contribution in [0.5, 0.6) is 0 Å². The molecule has 2 rings (SSSR count). The maximum atomic E-state index is 12.0. The number of aromatic nitrogens is 2. The number of nitrogens with zero attached hydrogens (tertiary/aromatic N) is 3. The van der Waals surface area contributed by atoms with E-state index in [1.54, 1.807) is 17.1 Å². The average Bonchev–Trinajstić information content (AvgIpc) is 2.64. The van der Waals surface area contributed by atoms with Gasteiger partial charge in [0.15, 0.2) is 0 Å². The first-order chi connectivity index (χ1) is 7.16. The lowest BCUT2D eigenvalue weighted by Crippen LogP contribution is -2.51. The van der Waals surface area contributed by atoms with E-state index in [-0.39, 0.29) is 5.91 Å². The van der Waals surface area contributed by atoms with Gasteiger partial charge in [0, 0.05) is 38.9 Å². The molecule has 1 aliphatic rings. The van der Waals surface area contributed by atoms with E-state index in [1.807, 2.05) is 11.9 Å². The van der Waals surface area contributed by atoms with Gasteiger partial charge in [-0.25, -0.2) is 0 Å². The Kier molecular flexibility index (Phi) is 2.73. The number of hydrogen-bond donors (Lipinski definition) is 1. The molecule has 0 unspecified atom stereocenters. The van der Waals surface area contributed by atoms with E-state index in [1.165, 1.54) is 0 Å². The minimum Gasteiger partial charge on any atom is -0.336 e. The molecule has 1 atom stereocenters. The van der Waals surface area contributed by atoms with E-state index in [0.717, 1.165) is 19.6 Å². The van der Waals surface area contributed by atoms with E-state index < -0.39 is 0 Å². The molecule has 0 saturated carbocycles. The maximum absolute atomic E-state index is 12.0. The Labute approximate surface area is 89.1 Å². The zero-order chi connectivity index (χ0) is 10.8. The maximum Gasteiger partial charge on any atom is 0.257 e. The minimum absolute atomic E-state index is 0.0800. The fourth-order valence-electron chi connectivity index (χ4n) is 1.83. The van der Waals surface area contributed by atoms with E-state index in [2.05, 4.69) is 17.3 Å². The van der Waals surface area contributed by atoms with Crippen LogP contribution in [0.25, 0.3) is 0 Å².